The molecular formula is C36H41Cl2N6O7PS. The van der Waals surface area contributed by atoms with Gasteiger partial charge in [-0.25, -0.2) is 4.57 Å². The number of carbonyl (C=O) groups excluding carboxylic acids is 2. The van der Waals surface area contributed by atoms with Crippen molar-refractivity contribution in [2.24, 2.45) is 10.8 Å². The van der Waals surface area contributed by atoms with Crippen LogP contribution in [0.15, 0.2) is 24.5 Å². The van der Waals surface area contributed by atoms with E-state index in [0.29, 0.717) is 66.9 Å². The summed E-state index contributed by atoms with van der Waals surface area (Å²) in [5, 5.41) is 5.13. The van der Waals surface area contributed by atoms with Gasteiger partial charge in [-0.1, -0.05) is 0 Å². The molecule has 0 radical (unpaired) electrons. The van der Waals surface area contributed by atoms with Crippen molar-refractivity contribution in [3.8, 4) is 11.5 Å². The molecule has 13 nitrogen and oxygen atoms in total. The molecule has 3 aliphatic carbocycles. The van der Waals surface area contributed by atoms with Gasteiger partial charge in [-0.05, 0) is 74.6 Å². The highest BCUT2D eigenvalue weighted by Gasteiger charge is 2.76. The van der Waals surface area contributed by atoms with Gasteiger partial charge in [0.1, 0.15) is 0 Å². The summed E-state index contributed by atoms with van der Waals surface area (Å²) in [6.07, 6.45) is 4.87. The van der Waals surface area contributed by atoms with Crippen molar-refractivity contribution < 1.29 is 33.2 Å². The number of amides is 2. The van der Waals surface area contributed by atoms with E-state index in [1.54, 1.807) is 11.1 Å². The van der Waals surface area contributed by atoms with Crippen molar-refractivity contribution in [2.75, 3.05) is 61.8 Å². The normalized spacial score (nSPS) is 24.2. The predicted octanol–water partition coefficient (Wildman–Crippen LogP) is 5.76. The number of hydrogen-bond donors (Lipinski definition) is 5. The number of phosphoric ester groups is 1. The minimum atomic E-state index is -4.91. The van der Waals surface area contributed by atoms with Crippen molar-refractivity contribution in [1.29, 1.82) is 0 Å². The number of aromatic amines is 2. The van der Waals surface area contributed by atoms with Gasteiger partial charge in [0.15, 0.2) is 11.5 Å². The summed E-state index contributed by atoms with van der Waals surface area (Å²) in [6.45, 7) is 6.02. The number of H-pyrrole nitrogens is 2. The van der Waals surface area contributed by atoms with E-state index in [0.717, 1.165) is 50.8 Å². The lowest BCUT2D eigenvalue weighted by atomic mass is 9.34. The van der Waals surface area contributed by atoms with Crippen LogP contribution in [0.1, 0.15) is 53.4 Å². The molecule has 53 heavy (non-hydrogen) atoms. The van der Waals surface area contributed by atoms with E-state index in [1.807, 2.05) is 50.0 Å². The molecule has 2 aliphatic heterocycles. The molecule has 3 saturated carbocycles. The first-order valence-electron chi connectivity index (χ1n) is 17.5. The topological polar surface area (TPSA) is 163 Å². The van der Waals surface area contributed by atoms with Crippen LogP contribution in [-0.4, -0.2) is 93.7 Å². The number of nitrogens with zero attached hydrogens (tertiary/aromatic N) is 3. The number of ether oxygens (including phenoxy) is 1. The van der Waals surface area contributed by atoms with Gasteiger partial charge >= 0.3 is 7.82 Å². The number of carbonyl (C=O) groups is 2. The molecule has 0 spiro atoms. The Morgan fingerprint density at radius 1 is 0.943 bits per heavy atom. The third kappa shape index (κ3) is 5.58. The van der Waals surface area contributed by atoms with Crippen LogP contribution in [0.5, 0.6) is 11.5 Å². The molecule has 2 amide bonds. The lowest BCUT2D eigenvalue weighted by Gasteiger charge is -2.69. The highest BCUT2D eigenvalue weighted by Crippen LogP contribution is 2.75. The number of hydrogen-bond acceptors (Lipinski definition) is 7. The SMILES string of the molecule is CNCCN(C)C(=S)Oc1cc2c(c3c(C)c[nH]c13)C(CCl)CN2C(=O)C12CC(C(=O)N3CC(CCl)c4c3cc(OP(=O)(O)O)c3[nH]cc(C)c43)(C1)C2. The minimum absolute atomic E-state index is 0.0318. The summed E-state index contributed by atoms with van der Waals surface area (Å²) < 4.78 is 23.3. The number of halogens is 2. The van der Waals surface area contributed by atoms with Gasteiger partial charge in [-0.2, -0.15) is 0 Å². The third-order valence-electron chi connectivity index (χ3n) is 11.7. The first-order valence-corrected chi connectivity index (χ1v) is 20.5. The van der Waals surface area contributed by atoms with E-state index in [4.69, 9.17) is 44.7 Å². The zero-order valence-electron chi connectivity index (χ0n) is 29.7. The number of benzene rings is 2. The maximum atomic E-state index is 14.6. The van der Waals surface area contributed by atoms with Crippen molar-refractivity contribution in [3.05, 3.63) is 46.8 Å². The van der Waals surface area contributed by atoms with Crippen LogP contribution in [-0.2, 0) is 14.2 Å². The van der Waals surface area contributed by atoms with Crippen LogP contribution < -0.4 is 24.4 Å². The van der Waals surface area contributed by atoms with Gasteiger partial charge < -0.3 is 39.2 Å². The average Bonchev–Trinajstić information content (AvgIpc) is 3.84. The maximum Gasteiger partial charge on any atom is 0.524 e. The summed E-state index contributed by atoms with van der Waals surface area (Å²) in [7, 11) is -1.16. The first-order chi connectivity index (χ1) is 25.2. The molecule has 0 saturated heterocycles. The lowest BCUT2D eigenvalue weighted by molar-refractivity contribution is -0.204. The molecular weight excluding hydrogens is 762 g/mol. The zero-order chi connectivity index (χ0) is 37.8. The van der Waals surface area contributed by atoms with E-state index in [2.05, 4.69) is 15.3 Å². The van der Waals surface area contributed by atoms with Crippen LogP contribution >= 0.6 is 43.2 Å². The average molecular weight is 804 g/mol. The van der Waals surface area contributed by atoms with Gasteiger partial charge in [-0.15, -0.1) is 23.2 Å². The summed E-state index contributed by atoms with van der Waals surface area (Å²) in [4.78, 5) is 60.2. The Hall–Kier alpha value is -3.36. The second-order valence-corrected chi connectivity index (χ2v) is 17.3. The molecule has 2 bridgehead atoms. The number of nitrogens with one attached hydrogen (secondary N) is 3. The molecule has 4 aromatic rings. The van der Waals surface area contributed by atoms with Crippen molar-refractivity contribution in [3.63, 3.8) is 0 Å². The van der Waals surface area contributed by atoms with Crippen LogP contribution in [0, 0.1) is 24.7 Å². The molecule has 2 aromatic heterocycles. The Kier molecular flexibility index (Phi) is 8.88. The van der Waals surface area contributed by atoms with Crippen LogP contribution in [0.3, 0.4) is 0 Å². The van der Waals surface area contributed by atoms with Gasteiger partial charge in [-0.3, -0.25) is 19.4 Å². The molecule has 3 fully saturated rings. The minimum Gasteiger partial charge on any atom is -0.429 e. The largest absolute Gasteiger partial charge is 0.524 e. The van der Waals surface area contributed by atoms with Crippen LogP contribution in [0.4, 0.5) is 11.4 Å². The summed E-state index contributed by atoms with van der Waals surface area (Å²) in [6, 6.07) is 3.40. The number of aromatic nitrogens is 2. The van der Waals surface area contributed by atoms with E-state index in [9.17, 15) is 23.9 Å². The smallest absolute Gasteiger partial charge is 0.429 e. The van der Waals surface area contributed by atoms with Gasteiger partial charge in [0.05, 0.1) is 33.2 Å². The monoisotopic (exact) mass is 802 g/mol. The fourth-order valence-electron chi connectivity index (χ4n) is 9.30. The van der Waals surface area contributed by atoms with Crippen LogP contribution in [0.2, 0.25) is 0 Å². The number of anilines is 2. The maximum absolute atomic E-state index is 14.6. The molecule has 5 N–H and O–H groups in total. The Balaban J connectivity index is 1.08. The van der Waals surface area contributed by atoms with Crippen molar-refractivity contribution in [1.82, 2.24) is 20.2 Å². The standard InChI is InChI=1S/C36H41Cl2N6O7PS/c1-18-11-40-30-24(50-34(53)42(4)6-5-39-3)7-22-28(26(18)30)20(9-37)13-43(22)32(45)35-15-36(16-35,17-35)33(46)44-14-21(10-38)29-23(44)8-25(51-52(47,48)49)31-27(29)19(2)12-41-31/h7-8,11-12,20-21,39-41H,5-6,9-10,13-17H2,1-4H3,(H2,47,48,49). The van der Waals surface area contributed by atoms with E-state index in [1.165, 1.54) is 6.07 Å². The number of rotatable bonds is 10. The second-order valence-electron chi connectivity index (χ2n) is 15.2. The second kappa shape index (κ2) is 12.9. The number of thiocarbonyl (C=S) groups is 1. The summed E-state index contributed by atoms with van der Waals surface area (Å²) in [5.41, 5.74) is 4.79. The van der Waals surface area contributed by atoms with Crippen molar-refractivity contribution >= 4 is 93.4 Å². The van der Waals surface area contributed by atoms with Gasteiger partial charge in [0.2, 0.25) is 11.8 Å². The van der Waals surface area contributed by atoms with Crippen molar-refractivity contribution in [2.45, 2.75) is 44.9 Å². The van der Waals surface area contributed by atoms with E-state index < -0.39 is 18.7 Å². The van der Waals surface area contributed by atoms with Crippen LogP contribution in [0.25, 0.3) is 21.8 Å². The Bertz CT molecular complexity index is 2250. The third-order valence-corrected chi connectivity index (χ3v) is 13.3. The number of aryl methyl sites for hydroxylation is 2. The molecule has 282 valence electrons. The number of fused-ring (bicyclic) bond motifs is 6. The molecule has 4 heterocycles. The lowest BCUT2D eigenvalue weighted by Crippen LogP contribution is -2.73. The Morgan fingerprint density at radius 3 is 1.87 bits per heavy atom. The first kappa shape index (κ1) is 36.6. The molecule has 9 rings (SSSR count). The number of alkyl halides is 2. The van der Waals surface area contributed by atoms with E-state index in [-0.39, 0.29) is 35.3 Å². The quantitative estimate of drug-likeness (QED) is 0.0757. The number of phosphoric acid groups is 1. The molecule has 2 unspecified atom stereocenters. The zero-order valence-corrected chi connectivity index (χ0v) is 32.9. The highest BCUT2D eigenvalue weighted by molar-refractivity contribution is 7.80. The number of likely N-dealkylation sites (N-methyl/N-ethyl adjacent to an activating group) is 2. The van der Waals surface area contributed by atoms with E-state index >= 15 is 0 Å². The summed E-state index contributed by atoms with van der Waals surface area (Å²) >= 11 is 18.7. The van der Waals surface area contributed by atoms with Gasteiger partial charge in [0, 0.05) is 92.1 Å². The fraction of sp³-hybridized carbons (Fsp3) is 0.472. The predicted molar refractivity (Wildman–Crippen MR) is 209 cm³/mol. The molecule has 2 atom stereocenters. The summed E-state index contributed by atoms with van der Waals surface area (Å²) in [5.74, 6) is 0.617. The van der Waals surface area contributed by atoms with Gasteiger partial charge in [0.25, 0.3) is 5.17 Å². The Labute approximate surface area is 321 Å². The highest BCUT2D eigenvalue weighted by atomic mass is 35.5. The molecule has 2 aromatic carbocycles. The Morgan fingerprint density at radius 2 is 1.42 bits per heavy atom. The molecule has 17 heteroatoms. The fourth-order valence-corrected chi connectivity index (χ4v) is 10.4. The molecule has 5 aliphatic rings.